The number of hydrogen-bond donors (Lipinski definition) is 4. The van der Waals surface area contributed by atoms with Crippen LogP contribution in [0.5, 0.6) is 5.75 Å². The summed E-state index contributed by atoms with van der Waals surface area (Å²) in [5, 5.41) is 21.8. The maximum absolute atomic E-state index is 9.40. The summed E-state index contributed by atoms with van der Waals surface area (Å²) in [6, 6.07) is 11.7. The Bertz CT molecular complexity index is 626. The average Bonchev–Trinajstić information content (AvgIpc) is 2.60. The molecule has 0 fully saturated rings. The summed E-state index contributed by atoms with van der Waals surface area (Å²) in [5.74, 6) is 0.582. The van der Waals surface area contributed by atoms with E-state index >= 15 is 0 Å². The number of benzene rings is 2. The van der Waals surface area contributed by atoms with Crippen LogP contribution in [0.2, 0.25) is 0 Å². The molecule has 2 aromatic carbocycles. The van der Waals surface area contributed by atoms with Crippen LogP contribution in [-0.2, 0) is 12.0 Å². The minimum absolute atomic E-state index is 0.00199. The van der Waals surface area contributed by atoms with Crippen LogP contribution in [-0.4, -0.2) is 24.5 Å². The van der Waals surface area contributed by atoms with E-state index in [-0.39, 0.29) is 12.0 Å². The van der Waals surface area contributed by atoms with Crippen LogP contribution in [0.4, 0.5) is 11.4 Å². The van der Waals surface area contributed by atoms with E-state index in [4.69, 9.17) is 4.74 Å². The van der Waals surface area contributed by atoms with Crippen LogP contribution in [0.1, 0.15) is 30.5 Å². The van der Waals surface area contributed by atoms with Gasteiger partial charge in [0.2, 0.25) is 0 Å². The standard InChI is InChI=1S/C18H24N2O3/c1-18(2,13-6-5-12(11-21)15(9-13)19-3)14-7-8-17(23-4)16(10-14)20-22/h5-10,19-22H,11H2,1-4H3. The Morgan fingerprint density at radius 3 is 2.17 bits per heavy atom. The van der Waals surface area contributed by atoms with E-state index in [1.165, 1.54) is 0 Å². The third kappa shape index (κ3) is 3.25. The van der Waals surface area contributed by atoms with Gasteiger partial charge in [-0.1, -0.05) is 32.0 Å². The van der Waals surface area contributed by atoms with Gasteiger partial charge in [0.1, 0.15) is 11.4 Å². The SMILES string of the molecule is CNc1cc(C(C)(C)c2ccc(OC)c(NO)c2)ccc1CO. The first-order valence-electron chi connectivity index (χ1n) is 7.48. The first kappa shape index (κ1) is 17.1. The maximum atomic E-state index is 9.40. The fourth-order valence-electron chi connectivity index (χ4n) is 2.69. The Hall–Kier alpha value is -2.24. The van der Waals surface area contributed by atoms with Gasteiger partial charge in [-0.2, -0.15) is 0 Å². The molecule has 0 radical (unpaired) electrons. The molecule has 124 valence electrons. The molecule has 0 aliphatic rings. The fraction of sp³-hybridized carbons (Fsp3) is 0.333. The average molecular weight is 316 g/mol. The van der Waals surface area contributed by atoms with E-state index in [9.17, 15) is 10.3 Å². The lowest BCUT2D eigenvalue weighted by atomic mass is 9.77. The van der Waals surface area contributed by atoms with E-state index in [1.807, 2.05) is 43.4 Å². The van der Waals surface area contributed by atoms with E-state index in [0.717, 1.165) is 22.4 Å². The van der Waals surface area contributed by atoms with Crippen molar-refractivity contribution in [2.75, 3.05) is 25.0 Å². The van der Waals surface area contributed by atoms with Gasteiger partial charge >= 0.3 is 0 Å². The summed E-state index contributed by atoms with van der Waals surface area (Å²) in [4.78, 5) is 0. The minimum Gasteiger partial charge on any atom is -0.495 e. The highest BCUT2D eigenvalue weighted by molar-refractivity contribution is 5.60. The lowest BCUT2D eigenvalue weighted by Gasteiger charge is -2.28. The Balaban J connectivity index is 2.49. The van der Waals surface area contributed by atoms with Gasteiger partial charge in [-0.25, -0.2) is 0 Å². The van der Waals surface area contributed by atoms with Gasteiger partial charge < -0.3 is 15.2 Å². The van der Waals surface area contributed by atoms with Crippen molar-refractivity contribution in [1.29, 1.82) is 0 Å². The molecule has 0 aliphatic heterocycles. The van der Waals surface area contributed by atoms with Gasteiger partial charge in [-0.15, -0.1) is 0 Å². The van der Waals surface area contributed by atoms with Crippen LogP contribution in [0.25, 0.3) is 0 Å². The lowest BCUT2D eigenvalue weighted by molar-refractivity contribution is 0.282. The van der Waals surface area contributed by atoms with Gasteiger partial charge in [0.25, 0.3) is 0 Å². The molecule has 0 atom stereocenters. The van der Waals surface area contributed by atoms with Gasteiger partial charge in [0, 0.05) is 23.7 Å². The van der Waals surface area contributed by atoms with Crippen molar-refractivity contribution < 1.29 is 15.1 Å². The molecule has 0 saturated heterocycles. The minimum atomic E-state index is -0.280. The van der Waals surface area contributed by atoms with Crippen LogP contribution in [0, 0.1) is 0 Å². The third-order valence-electron chi connectivity index (χ3n) is 4.31. The number of rotatable bonds is 6. The first-order valence-corrected chi connectivity index (χ1v) is 7.48. The van der Waals surface area contributed by atoms with E-state index in [0.29, 0.717) is 11.4 Å². The Labute approximate surface area is 136 Å². The quantitative estimate of drug-likeness (QED) is 0.615. The number of ether oxygens (including phenoxy) is 1. The molecule has 0 heterocycles. The van der Waals surface area contributed by atoms with E-state index in [1.54, 1.807) is 7.11 Å². The number of nitrogens with one attached hydrogen (secondary N) is 2. The summed E-state index contributed by atoms with van der Waals surface area (Å²) in [6.45, 7) is 4.23. The highest BCUT2D eigenvalue weighted by Crippen LogP contribution is 2.37. The number of aliphatic hydroxyl groups excluding tert-OH is 1. The maximum Gasteiger partial charge on any atom is 0.144 e. The molecule has 2 rings (SSSR count). The Morgan fingerprint density at radius 1 is 1.04 bits per heavy atom. The third-order valence-corrected chi connectivity index (χ3v) is 4.31. The molecule has 2 aromatic rings. The topological polar surface area (TPSA) is 73.8 Å². The fourth-order valence-corrected chi connectivity index (χ4v) is 2.69. The summed E-state index contributed by atoms with van der Waals surface area (Å²) >= 11 is 0. The molecule has 0 aromatic heterocycles. The first-order chi connectivity index (χ1) is 11.0. The molecular formula is C18H24N2O3. The van der Waals surface area contributed by atoms with E-state index < -0.39 is 0 Å². The highest BCUT2D eigenvalue weighted by atomic mass is 16.5. The van der Waals surface area contributed by atoms with Crippen LogP contribution < -0.4 is 15.5 Å². The zero-order chi connectivity index (χ0) is 17.0. The normalized spacial score (nSPS) is 11.2. The second-order valence-electron chi connectivity index (χ2n) is 5.93. The number of anilines is 2. The molecule has 23 heavy (non-hydrogen) atoms. The summed E-state index contributed by atoms with van der Waals surface area (Å²) in [7, 11) is 3.40. The lowest BCUT2D eigenvalue weighted by Crippen LogP contribution is -2.19. The second-order valence-corrected chi connectivity index (χ2v) is 5.93. The van der Waals surface area contributed by atoms with Crippen molar-refractivity contribution >= 4 is 11.4 Å². The molecule has 0 aliphatic carbocycles. The van der Waals surface area contributed by atoms with Crippen molar-refractivity contribution in [3.05, 3.63) is 53.1 Å². The smallest absolute Gasteiger partial charge is 0.144 e. The van der Waals surface area contributed by atoms with Gasteiger partial charge in [-0.3, -0.25) is 10.7 Å². The van der Waals surface area contributed by atoms with Crippen LogP contribution in [0.3, 0.4) is 0 Å². The summed E-state index contributed by atoms with van der Waals surface area (Å²) in [5.41, 5.74) is 6.34. The predicted octanol–water partition coefficient (Wildman–Crippen LogP) is 3.36. The van der Waals surface area contributed by atoms with Crippen LogP contribution >= 0.6 is 0 Å². The van der Waals surface area contributed by atoms with Crippen molar-refractivity contribution in [1.82, 2.24) is 0 Å². The number of methoxy groups -OCH3 is 1. The summed E-state index contributed by atoms with van der Waals surface area (Å²) < 4.78 is 5.22. The molecule has 4 N–H and O–H groups in total. The molecule has 0 bridgehead atoms. The van der Waals surface area contributed by atoms with Crippen molar-refractivity contribution in [3.8, 4) is 5.75 Å². The molecular weight excluding hydrogens is 292 g/mol. The van der Waals surface area contributed by atoms with Gasteiger partial charge in [0.15, 0.2) is 0 Å². The molecule has 5 nitrogen and oxygen atoms in total. The zero-order valence-electron chi connectivity index (χ0n) is 14.0. The Kier molecular flexibility index (Phi) is 5.13. The molecule has 0 unspecified atom stereocenters. The molecule has 0 saturated carbocycles. The number of aliphatic hydroxyl groups is 1. The molecule has 0 amide bonds. The zero-order valence-corrected chi connectivity index (χ0v) is 14.0. The summed E-state index contributed by atoms with van der Waals surface area (Å²) in [6.07, 6.45) is 0. The van der Waals surface area contributed by atoms with Crippen molar-refractivity contribution in [2.24, 2.45) is 0 Å². The monoisotopic (exact) mass is 316 g/mol. The van der Waals surface area contributed by atoms with Crippen molar-refractivity contribution in [2.45, 2.75) is 25.9 Å². The molecule has 5 heteroatoms. The Morgan fingerprint density at radius 2 is 1.65 bits per heavy atom. The second kappa shape index (κ2) is 6.89. The van der Waals surface area contributed by atoms with E-state index in [2.05, 4.69) is 24.6 Å². The van der Waals surface area contributed by atoms with Gasteiger partial charge in [-0.05, 0) is 29.3 Å². The van der Waals surface area contributed by atoms with Crippen molar-refractivity contribution in [3.63, 3.8) is 0 Å². The van der Waals surface area contributed by atoms with Gasteiger partial charge in [0.05, 0.1) is 13.7 Å². The van der Waals surface area contributed by atoms with Crippen LogP contribution in [0.15, 0.2) is 36.4 Å². The highest BCUT2D eigenvalue weighted by Gasteiger charge is 2.25. The molecule has 0 spiro atoms. The number of hydrogen-bond acceptors (Lipinski definition) is 5. The largest absolute Gasteiger partial charge is 0.495 e. The predicted molar refractivity (Wildman–Crippen MR) is 92.4 cm³/mol.